The lowest BCUT2D eigenvalue weighted by Crippen LogP contribution is -2.00. The summed E-state index contributed by atoms with van der Waals surface area (Å²) in [6.45, 7) is 7.33. The van der Waals surface area contributed by atoms with Gasteiger partial charge in [-0.1, -0.05) is 13.5 Å². The minimum Gasteiger partial charge on any atom is -0.389 e. The van der Waals surface area contributed by atoms with Crippen molar-refractivity contribution < 1.29 is 5.11 Å². The van der Waals surface area contributed by atoms with E-state index in [2.05, 4.69) is 6.58 Å². The van der Waals surface area contributed by atoms with Crippen LogP contribution < -0.4 is 0 Å². The summed E-state index contributed by atoms with van der Waals surface area (Å²) in [5.41, 5.74) is 0.903. The summed E-state index contributed by atoms with van der Waals surface area (Å²) in [5, 5.41) is 8.72. The normalized spacial score (nSPS) is 13.6. The van der Waals surface area contributed by atoms with Crippen molar-refractivity contribution in [3.63, 3.8) is 0 Å². The maximum absolute atomic E-state index is 8.72. The number of hydrogen-bond acceptors (Lipinski definition) is 1. The first-order chi connectivity index (χ1) is 3.18. The fraction of sp³-hybridized carbons (Fsp3) is 0.667. The molecule has 0 aliphatic heterocycles. The summed E-state index contributed by atoms with van der Waals surface area (Å²) < 4.78 is 0. The number of rotatable bonds is 2. The molecule has 1 atom stereocenters. The molecule has 1 nitrogen and oxygen atoms in total. The molecule has 0 saturated heterocycles. The summed E-state index contributed by atoms with van der Waals surface area (Å²) in [7, 11) is 0. The first-order valence-electron chi connectivity index (χ1n) is 2.54. The Hall–Kier alpha value is -0.300. The zero-order valence-electron chi connectivity index (χ0n) is 4.94. The third kappa shape index (κ3) is 2.40. The van der Waals surface area contributed by atoms with Crippen molar-refractivity contribution in [1.82, 2.24) is 0 Å². The Balaban J connectivity index is 3.35. The fourth-order valence-electron chi connectivity index (χ4n) is 0.295. The molecule has 0 aromatic heterocycles. The van der Waals surface area contributed by atoms with Crippen molar-refractivity contribution in [1.29, 1.82) is 0 Å². The van der Waals surface area contributed by atoms with Crippen molar-refractivity contribution >= 4 is 0 Å². The van der Waals surface area contributed by atoms with E-state index in [4.69, 9.17) is 5.11 Å². The second-order valence-electron chi connectivity index (χ2n) is 1.69. The summed E-state index contributed by atoms with van der Waals surface area (Å²) in [6.07, 6.45) is 0.544. The van der Waals surface area contributed by atoms with Crippen LogP contribution in [0, 0.1) is 0 Å². The van der Waals surface area contributed by atoms with Crippen LogP contribution in [0.15, 0.2) is 12.2 Å². The van der Waals surface area contributed by atoms with E-state index in [0.717, 1.165) is 12.0 Å². The standard InChI is InChI=1S/C6H12O/c1-4-5(2)6(3)7/h6-7H,2,4H2,1,3H3/t6-/m1/s1. The monoisotopic (exact) mass is 100 g/mol. The van der Waals surface area contributed by atoms with Crippen LogP contribution in [0.25, 0.3) is 0 Å². The van der Waals surface area contributed by atoms with Gasteiger partial charge >= 0.3 is 0 Å². The Kier molecular flexibility index (Phi) is 2.68. The largest absolute Gasteiger partial charge is 0.389 e. The second kappa shape index (κ2) is 2.80. The smallest absolute Gasteiger partial charge is 0.0719 e. The second-order valence-corrected chi connectivity index (χ2v) is 1.69. The van der Waals surface area contributed by atoms with Gasteiger partial charge in [0.2, 0.25) is 0 Å². The van der Waals surface area contributed by atoms with E-state index in [1.54, 1.807) is 6.92 Å². The molecule has 0 bridgehead atoms. The average Bonchev–Trinajstić information content (AvgIpc) is 1.65. The van der Waals surface area contributed by atoms with Gasteiger partial charge in [-0.25, -0.2) is 0 Å². The van der Waals surface area contributed by atoms with Crippen molar-refractivity contribution in [3.05, 3.63) is 12.2 Å². The molecule has 1 heteroatoms. The van der Waals surface area contributed by atoms with Gasteiger partial charge in [-0.05, 0) is 18.9 Å². The molecule has 1 N–H and O–H groups in total. The zero-order valence-corrected chi connectivity index (χ0v) is 4.94. The molecule has 0 aromatic rings. The number of aliphatic hydroxyl groups excluding tert-OH is 1. The van der Waals surface area contributed by atoms with Gasteiger partial charge in [0, 0.05) is 0 Å². The molecule has 0 aliphatic carbocycles. The van der Waals surface area contributed by atoms with E-state index in [1.807, 2.05) is 6.92 Å². The SMILES string of the molecule is C=C(CC)[C@@H](C)O. The lowest BCUT2D eigenvalue weighted by atomic mass is 10.1. The molecule has 0 radical (unpaired) electrons. The van der Waals surface area contributed by atoms with Crippen LogP contribution in [0.5, 0.6) is 0 Å². The van der Waals surface area contributed by atoms with E-state index in [9.17, 15) is 0 Å². The molecule has 0 saturated carbocycles. The van der Waals surface area contributed by atoms with Gasteiger partial charge in [0.15, 0.2) is 0 Å². The van der Waals surface area contributed by atoms with Crippen molar-refractivity contribution in [3.8, 4) is 0 Å². The predicted molar refractivity (Wildman–Crippen MR) is 31.1 cm³/mol. The molecule has 0 aromatic carbocycles. The topological polar surface area (TPSA) is 20.2 Å². The minimum atomic E-state index is -0.329. The van der Waals surface area contributed by atoms with Crippen LogP contribution in [-0.2, 0) is 0 Å². The Bertz CT molecular complexity index is 64.6. The van der Waals surface area contributed by atoms with Crippen LogP contribution in [0.2, 0.25) is 0 Å². The lowest BCUT2D eigenvalue weighted by Gasteiger charge is -2.02. The van der Waals surface area contributed by atoms with E-state index in [-0.39, 0.29) is 6.10 Å². The maximum atomic E-state index is 8.72. The summed E-state index contributed by atoms with van der Waals surface area (Å²) in [5.74, 6) is 0. The van der Waals surface area contributed by atoms with Gasteiger partial charge in [-0.3, -0.25) is 0 Å². The minimum absolute atomic E-state index is 0.329. The molecule has 0 amide bonds. The highest BCUT2D eigenvalue weighted by Gasteiger charge is 1.94. The van der Waals surface area contributed by atoms with Crippen LogP contribution in [-0.4, -0.2) is 11.2 Å². The van der Waals surface area contributed by atoms with Crippen molar-refractivity contribution in [2.75, 3.05) is 0 Å². The summed E-state index contributed by atoms with van der Waals surface area (Å²) >= 11 is 0. The van der Waals surface area contributed by atoms with Gasteiger partial charge < -0.3 is 5.11 Å². The number of aliphatic hydroxyl groups is 1. The van der Waals surface area contributed by atoms with E-state index in [0.29, 0.717) is 0 Å². The van der Waals surface area contributed by atoms with E-state index >= 15 is 0 Å². The zero-order chi connectivity index (χ0) is 5.86. The Morgan fingerprint density at radius 3 is 2.29 bits per heavy atom. The third-order valence-corrected chi connectivity index (χ3v) is 1.04. The van der Waals surface area contributed by atoms with Crippen LogP contribution in [0.4, 0.5) is 0 Å². The van der Waals surface area contributed by atoms with Crippen LogP contribution in [0.3, 0.4) is 0 Å². The van der Waals surface area contributed by atoms with Gasteiger partial charge in [0.05, 0.1) is 6.10 Å². The van der Waals surface area contributed by atoms with Crippen LogP contribution in [0.1, 0.15) is 20.3 Å². The molecule has 0 rings (SSSR count). The van der Waals surface area contributed by atoms with Crippen molar-refractivity contribution in [2.45, 2.75) is 26.4 Å². The Labute approximate surface area is 44.7 Å². The predicted octanol–water partition coefficient (Wildman–Crippen LogP) is 1.33. The first kappa shape index (κ1) is 6.70. The van der Waals surface area contributed by atoms with Gasteiger partial charge in [-0.2, -0.15) is 0 Å². The van der Waals surface area contributed by atoms with Crippen molar-refractivity contribution in [2.24, 2.45) is 0 Å². The van der Waals surface area contributed by atoms with Crippen LogP contribution >= 0.6 is 0 Å². The summed E-state index contributed by atoms with van der Waals surface area (Å²) in [4.78, 5) is 0. The highest BCUT2D eigenvalue weighted by Crippen LogP contribution is 2.00. The molecule has 0 aliphatic rings. The highest BCUT2D eigenvalue weighted by atomic mass is 16.3. The fourth-order valence-corrected chi connectivity index (χ4v) is 0.295. The number of hydrogen-bond donors (Lipinski definition) is 1. The van der Waals surface area contributed by atoms with Gasteiger partial charge in [0.25, 0.3) is 0 Å². The molecule has 0 unspecified atom stereocenters. The molecule has 7 heavy (non-hydrogen) atoms. The molecule has 0 fully saturated rings. The maximum Gasteiger partial charge on any atom is 0.0719 e. The summed E-state index contributed by atoms with van der Waals surface area (Å²) in [6, 6.07) is 0. The molecular formula is C6H12O. The lowest BCUT2D eigenvalue weighted by molar-refractivity contribution is 0.228. The first-order valence-corrected chi connectivity index (χ1v) is 2.54. The molecule has 0 spiro atoms. The highest BCUT2D eigenvalue weighted by molar-refractivity contribution is 4.97. The third-order valence-electron chi connectivity index (χ3n) is 1.04. The average molecular weight is 100 g/mol. The van der Waals surface area contributed by atoms with Gasteiger partial charge in [0.1, 0.15) is 0 Å². The molecule has 42 valence electrons. The molecular weight excluding hydrogens is 88.1 g/mol. The molecule has 0 heterocycles. The van der Waals surface area contributed by atoms with E-state index in [1.165, 1.54) is 0 Å². The quantitative estimate of drug-likeness (QED) is 0.519. The Morgan fingerprint density at radius 1 is 1.86 bits per heavy atom. The Morgan fingerprint density at radius 2 is 2.29 bits per heavy atom. The van der Waals surface area contributed by atoms with E-state index < -0.39 is 0 Å². The van der Waals surface area contributed by atoms with Gasteiger partial charge in [-0.15, -0.1) is 0 Å².